The van der Waals surface area contributed by atoms with Gasteiger partial charge in [-0.2, -0.15) is 0 Å². The smallest absolute Gasteiger partial charge is 0.317 e. The van der Waals surface area contributed by atoms with E-state index in [1.165, 1.54) is 23.0 Å². The van der Waals surface area contributed by atoms with Crippen molar-refractivity contribution in [2.75, 3.05) is 0 Å². The molecular formula is C12H14N2O2S2. The normalized spacial score (nSPS) is 12.8. The number of hydrogen-bond acceptors (Lipinski definition) is 5. The van der Waals surface area contributed by atoms with E-state index in [2.05, 4.69) is 9.97 Å². The van der Waals surface area contributed by atoms with Crippen LogP contribution in [0, 0.1) is 13.8 Å². The molecule has 2 aromatic rings. The number of carboxylic acid groups (broad SMARTS) is 1. The summed E-state index contributed by atoms with van der Waals surface area (Å²) in [4.78, 5) is 21.7. The molecule has 2 heterocycles. The first kappa shape index (κ1) is 13.3. The van der Waals surface area contributed by atoms with Gasteiger partial charge in [0, 0.05) is 10.3 Å². The first-order valence-corrected chi connectivity index (χ1v) is 7.34. The van der Waals surface area contributed by atoms with Gasteiger partial charge in [0.2, 0.25) is 0 Å². The molecule has 0 aliphatic rings. The molecule has 0 aliphatic heterocycles. The number of nitrogens with zero attached hydrogens (tertiary/aromatic N) is 2. The molecule has 1 atom stereocenters. The molecule has 0 aromatic carbocycles. The summed E-state index contributed by atoms with van der Waals surface area (Å²) >= 11 is 2.93. The molecule has 2 rings (SSSR count). The molecule has 0 spiro atoms. The number of aliphatic carboxylic acids is 1. The Morgan fingerprint density at radius 2 is 2.22 bits per heavy atom. The fourth-order valence-electron chi connectivity index (χ4n) is 1.68. The average molecular weight is 282 g/mol. The van der Waals surface area contributed by atoms with E-state index >= 15 is 0 Å². The van der Waals surface area contributed by atoms with Gasteiger partial charge in [-0.3, -0.25) is 4.79 Å². The van der Waals surface area contributed by atoms with E-state index in [9.17, 15) is 4.79 Å². The maximum Gasteiger partial charge on any atom is 0.317 e. The molecule has 2 aromatic heterocycles. The molecule has 0 aliphatic carbocycles. The van der Waals surface area contributed by atoms with Crippen molar-refractivity contribution in [3.05, 3.63) is 16.8 Å². The summed E-state index contributed by atoms with van der Waals surface area (Å²) in [5.41, 5.74) is 1.15. The number of thioether (sulfide) groups is 1. The first-order valence-electron chi connectivity index (χ1n) is 5.64. The van der Waals surface area contributed by atoms with Crippen LogP contribution >= 0.6 is 23.1 Å². The zero-order chi connectivity index (χ0) is 13.3. The maximum absolute atomic E-state index is 11.1. The van der Waals surface area contributed by atoms with E-state index < -0.39 is 11.2 Å². The molecule has 18 heavy (non-hydrogen) atoms. The minimum Gasteiger partial charge on any atom is -0.480 e. The minimum absolute atomic E-state index is 0.456. The van der Waals surface area contributed by atoms with Crippen LogP contribution in [-0.4, -0.2) is 26.3 Å². The van der Waals surface area contributed by atoms with Gasteiger partial charge in [-0.1, -0.05) is 18.7 Å². The summed E-state index contributed by atoms with van der Waals surface area (Å²) in [6.45, 7) is 5.95. The highest BCUT2D eigenvalue weighted by molar-refractivity contribution is 8.00. The van der Waals surface area contributed by atoms with Crippen molar-refractivity contribution in [3.8, 4) is 0 Å². The van der Waals surface area contributed by atoms with Crippen LogP contribution in [0.5, 0.6) is 0 Å². The molecule has 0 bridgehead atoms. The van der Waals surface area contributed by atoms with Crippen molar-refractivity contribution in [1.82, 2.24) is 9.97 Å². The topological polar surface area (TPSA) is 63.1 Å². The second kappa shape index (κ2) is 5.24. The number of hydrogen-bond donors (Lipinski definition) is 1. The number of rotatable bonds is 4. The third-order valence-electron chi connectivity index (χ3n) is 2.83. The van der Waals surface area contributed by atoms with Crippen molar-refractivity contribution >= 4 is 39.3 Å². The molecule has 96 valence electrons. The molecule has 4 nitrogen and oxygen atoms in total. The van der Waals surface area contributed by atoms with Gasteiger partial charge in [-0.25, -0.2) is 9.97 Å². The van der Waals surface area contributed by atoms with Gasteiger partial charge in [0.15, 0.2) is 0 Å². The lowest BCUT2D eigenvalue weighted by Gasteiger charge is -2.09. The Bertz CT molecular complexity index is 595. The Labute approximate surface area is 113 Å². The predicted molar refractivity (Wildman–Crippen MR) is 74.5 cm³/mol. The van der Waals surface area contributed by atoms with Crippen LogP contribution in [0.3, 0.4) is 0 Å². The van der Waals surface area contributed by atoms with E-state index in [4.69, 9.17) is 5.11 Å². The highest BCUT2D eigenvalue weighted by atomic mass is 32.2. The third-order valence-corrected chi connectivity index (χ3v) is 5.30. The lowest BCUT2D eigenvalue weighted by molar-refractivity contribution is -0.136. The van der Waals surface area contributed by atoms with Gasteiger partial charge < -0.3 is 5.11 Å². The molecular weight excluding hydrogens is 268 g/mol. The largest absolute Gasteiger partial charge is 0.480 e. The highest BCUT2D eigenvalue weighted by Crippen LogP contribution is 2.36. The van der Waals surface area contributed by atoms with E-state index in [1.54, 1.807) is 11.3 Å². The number of fused-ring (bicyclic) bond motifs is 1. The lowest BCUT2D eigenvalue weighted by Crippen LogP contribution is -2.15. The van der Waals surface area contributed by atoms with E-state index in [0.29, 0.717) is 6.42 Å². The summed E-state index contributed by atoms with van der Waals surface area (Å²) < 4.78 is 0. The Morgan fingerprint density at radius 3 is 2.83 bits per heavy atom. The number of thiophene rings is 1. The number of aryl methyl sites for hydroxylation is 2. The summed E-state index contributed by atoms with van der Waals surface area (Å²) in [6, 6.07) is 0. The fraction of sp³-hybridized carbons (Fsp3) is 0.417. The summed E-state index contributed by atoms with van der Waals surface area (Å²) in [5, 5.41) is 10.4. The standard InChI is InChI=1S/C12H14N2O2S2/c1-4-8(12(15)16)18-11-9-6(2)7(3)17-10(9)13-5-14-11/h5,8H,4H2,1-3H3,(H,15,16). The van der Waals surface area contributed by atoms with Gasteiger partial charge in [-0.05, 0) is 25.8 Å². The van der Waals surface area contributed by atoms with Crippen LogP contribution in [0.4, 0.5) is 0 Å². The van der Waals surface area contributed by atoms with Crippen molar-refractivity contribution in [1.29, 1.82) is 0 Å². The monoisotopic (exact) mass is 282 g/mol. The predicted octanol–water partition coefficient (Wildman–Crippen LogP) is 3.26. The van der Waals surface area contributed by atoms with Crippen molar-refractivity contribution in [2.24, 2.45) is 0 Å². The Hall–Kier alpha value is -1.14. The molecule has 0 fully saturated rings. The van der Waals surface area contributed by atoms with E-state index in [1.807, 2.05) is 20.8 Å². The SMILES string of the molecule is CCC(Sc1ncnc2sc(C)c(C)c12)C(=O)O. The third kappa shape index (κ3) is 2.35. The summed E-state index contributed by atoms with van der Waals surface area (Å²) in [7, 11) is 0. The maximum atomic E-state index is 11.1. The number of carboxylic acids is 1. The van der Waals surface area contributed by atoms with Gasteiger partial charge in [0.1, 0.15) is 21.4 Å². The zero-order valence-electron chi connectivity index (χ0n) is 10.4. The van der Waals surface area contributed by atoms with Crippen molar-refractivity contribution in [3.63, 3.8) is 0 Å². The van der Waals surface area contributed by atoms with Crippen LogP contribution in [0.2, 0.25) is 0 Å². The fourth-order valence-corrected chi connectivity index (χ4v) is 3.76. The second-order valence-electron chi connectivity index (χ2n) is 4.00. The molecule has 1 unspecified atom stereocenters. The van der Waals surface area contributed by atoms with E-state index in [-0.39, 0.29) is 0 Å². The van der Waals surface area contributed by atoms with Gasteiger partial charge in [-0.15, -0.1) is 11.3 Å². The Morgan fingerprint density at radius 1 is 1.50 bits per heavy atom. The zero-order valence-corrected chi connectivity index (χ0v) is 12.1. The summed E-state index contributed by atoms with van der Waals surface area (Å²) in [5.74, 6) is -0.793. The number of aromatic nitrogens is 2. The second-order valence-corrected chi connectivity index (χ2v) is 6.39. The Balaban J connectivity index is 2.47. The van der Waals surface area contributed by atoms with Gasteiger partial charge >= 0.3 is 5.97 Å². The van der Waals surface area contributed by atoms with E-state index in [0.717, 1.165) is 20.8 Å². The minimum atomic E-state index is -0.793. The van der Waals surface area contributed by atoms with Crippen LogP contribution in [-0.2, 0) is 4.79 Å². The molecule has 0 saturated carbocycles. The molecule has 0 amide bonds. The van der Waals surface area contributed by atoms with Crippen LogP contribution in [0.15, 0.2) is 11.4 Å². The van der Waals surface area contributed by atoms with Gasteiger partial charge in [0.05, 0.1) is 0 Å². The molecule has 0 radical (unpaired) electrons. The Kier molecular flexibility index (Phi) is 3.87. The number of carbonyl (C=O) groups is 1. The molecule has 0 saturated heterocycles. The molecule has 6 heteroatoms. The average Bonchev–Trinajstić information content (AvgIpc) is 2.62. The van der Waals surface area contributed by atoms with Crippen LogP contribution < -0.4 is 0 Å². The lowest BCUT2D eigenvalue weighted by atomic mass is 10.2. The quantitative estimate of drug-likeness (QED) is 0.689. The summed E-state index contributed by atoms with van der Waals surface area (Å²) in [6.07, 6.45) is 2.09. The van der Waals surface area contributed by atoms with Crippen molar-refractivity contribution < 1.29 is 9.90 Å². The van der Waals surface area contributed by atoms with Crippen LogP contribution in [0.25, 0.3) is 10.2 Å². The highest BCUT2D eigenvalue weighted by Gasteiger charge is 2.20. The van der Waals surface area contributed by atoms with Crippen LogP contribution in [0.1, 0.15) is 23.8 Å². The van der Waals surface area contributed by atoms with Gasteiger partial charge in [0.25, 0.3) is 0 Å². The van der Waals surface area contributed by atoms with Crippen molar-refractivity contribution in [2.45, 2.75) is 37.5 Å². The first-order chi connectivity index (χ1) is 8.54. The molecule has 1 N–H and O–H groups in total.